The van der Waals surface area contributed by atoms with Gasteiger partial charge in [0.25, 0.3) is 0 Å². The number of aryl methyl sites for hydroxylation is 2. The first-order valence-corrected chi connectivity index (χ1v) is 7.52. The molecular formula is C14H20N4S. The van der Waals surface area contributed by atoms with Gasteiger partial charge in [-0.3, -0.25) is 0 Å². The van der Waals surface area contributed by atoms with Gasteiger partial charge in [0.05, 0.1) is 5.51 Å². The summed E-state index contributed by atoms with van der Waals surface area (Å²) in [5, 5.41) is 5.36. The Morgan fingerprint density at radius 3 is 2.47 bits per heavy atom. The number of aromatic nitrogens is 3. The fourth-order valence-corrected chi connectivity index (χ4v) is 2.87. The van der Waals surface area contributed by atoms with Crippen LogP contribution in [0.15, 0.2) is 10.9 Å². The second kappa shape index (κ2) is 6.21. The Hall–Kier alpha value is -1.33. The quantitative estimate of drug-likeness (QED) is 0.912. The maximum Gasteiger partial charge on any atom is 0.179 e. The lowest BCUT2D eigenvalue weighted by Gasteiger charge is -2.17. The Labute approximate surface area is 118 Å². The van der Waals surface area contributed by atoms with E-state index >= 15 is 0 Å². The van der Waals surface area contributed by atoms with Crippen molar-refractivity contribution in [3.63, 3.8) is 0 Å². The maximum absolute atomic E-state index is 4.61. The van der Waals surface area contributed by atoms with Crippen molar-refractivity contribution in [1.29, 1.82) is 0 Å². The van der Waals surface area contributed by atoms with Crippen molar-refractivity contribution in [1.82, 2.24) is 20.3 Å². The topological polar surface area (TPSA) is 50.7 Å². The van der Waals surface area contributed by atoms with Crippen LogP contribution in [0, 0.1) is 13.8 Å². The molecule has 1 atom stereocenters. The predicted molar refractivity (Wildman–Crippen MR) is 79.6 cm³/mol. The third-order valence-corrected chi connectivity index (χ3v) is 3.77. The zero-order valence-corrected chi connectivity index (χ0v) is 12.7. The van der Waals surface area contributed by atoms with Crippen molar-refractivity contribution in [3.8, 4) is 11.5 Å². The summed E-state index contributed by atoms with van der Waals surface area (Å²) in [7, 11) is 0. The molecule has 1 N–H and O–H groups in total. The molecule has 2 heterocycles. The smallest absolute Gasteiger partial charge is 0.179 e. The average Bonchev–Trinajstić information content (AvgIpc) is 2.89. The molecule has 2 aromatic rings. The fraction of sp³-hybridized carbons (Fsp3) is 0.500. The second-order valence-electron chi connectivity index (χ2n) is 4.71. The number of rotatable bonds is 5. The molecule has 0 radical (unpaired) electrons. The van der Waals surface area contributed by atoms with Gasteiger partial charge in [-0.25, -0.2) is 15.0 Å². The molecule has 0 spiro atoms. The van der Waals surface area contributed by atoms with Gasteiger partial charge in [0.15, 0.2) is 5.82 Å². The number of hydrogen-bond acceptors (Lipinski definition) is 5. The Balaban J connectivity index is 2.32. The van der Waals surface area contributed by atoms with Crippen molar-refractivity contribution >= 4 is 11.3 Å². The van der Waals surface area contributed by atoms with Gasteiger partial charge in [0.2, 0.25) is 0 Å². The first-order chi connectivity index (χ1) is 9.13. The summed E-state index contributed by atoms with van der Waals surface area (Å²) in [5.74, 6) is 1.15. The van der Waals surface area contributed by atoms with E-state index in [2.05, 4.69) is 48.0 Å². The van der Waals surface area contributed by atoms with Gasteiger partial charge in [0.1, 0.15) is 5.69 Å². The molecule has 1 unspecified atom stereocenters. The highest BCUT2D eigenvalue weighted by atomic mass is 32.1. The lowest BCUT2D eigenvalue weighted by Crippen LogP contribution is -2.21. The molecule has 102 valence electrons. The highest BCUT2D eigenvalue weighted by molar-refractivity contribution is 7.07. The summed E-state index contributed by atoms with van der Waals surface area (Å²) in [4.78, 5) is 13.5. The minimum Gasteiger partial charge on any atom is -0.316 e. The Bertz CT molecular complexity index is 513. The lowest BCUT2D eigenvalue weighted by atomic mass is 9.98. The molecule has 0 amide bonds. The molecule has 2 rings (SSSR count). The number of hydrogen-bond donors (Lipinski definition) is 1. The summed E-state index contributed by atoms with van der Waals surface area (Å²) in [5.41, 5.74) is 6.04. The van der Waals surface area contributed by atoms with Gasteiger partial charge in [-0.2, -0.15) is 0 Å². The molecule has 0 aromatic carbocycles. The van der Waals surface area contributed by atoms with Crippen molar-refractivity contribution in [3.05, 3.63) is 27.8 Å². The normalized spacial score (nSPS) is 12.6. The van der Waals surface area contributed by atoms with E-state index in [9.17, 15) is 0 Å². The standard InChI is InChI=1S/C14H20N4S/c1-5-15-6-9(2)13-10(3)17-14(18-11(13)4)12-7-19-8-16-12/h7-9,15H,5-6H2,1-4H3. The van der Waals surface area contributed by atoms with Crippen molar-refractivity contribution < 1.29 is 0 Å². The first-order valence-electron chi connectivity index (χ1n) is 6.57. The van der Waals surface area contributed by atoms with E-state index < -0.39 is 0 Å². The van der Waals surface area contributed by atoms with E-state index in [1.165, 1.54) is 5.56 Å². The molecular weight excluding hydrogens is 256 g/mol. The minimum atomic E-state index is 0.421. The zero-order chi connectivity index (χ0) is 13.8. The zero-order valence-electron chi connectivity index (χ0n) is 11.9. The summed E-state index contributed by atoms with van der Waals surface area (Å²) in [6.07, 6.45) is 0. The molecule has 0 fully saturated rings. The van der Waals surface area contributed by atoms with Crippen LogP contribution in [0.5, 0.6) is 0 Å². The van der Waals surface area contributed by atoms with E-state index in [4.69, 9.17) is 0 Å². The highest BCUT2D eigenvalue weighted by Gasteiger charge is 2.16. The largest absolute Gasteiger partial charge is 0.316 e. The number of nitrogens with zero attached hydrogens (tertiary/aromatic N) is 3. The van der Waals surface area contributed by atoms with Crippen LogP contribution in [0.1, 0.15) is 36.7 Å². The average molecular weight is 276 g/mol. The monoisotopic (exact) mass is 276 g/mol. The van der Waals surface area contributed by atoms with Crippen LogP contribution in [-0.2, 0) is 0 Å². The number of nitrogens with one attached hydrogen (secondary N) is 1. The van der Waals surface area contributed by atoms with Gasteiger partial charge < -0.3 is 5.32 Å². The van der Waals surface area contributed by atoms with Crippen molar-refractivity contribution in [2.24, 2.45) is 0 Å². The molecule has 19 heavy (non-hydrogen) atoms. The predicted octanol–water partition coefficient (Wildman–Crippen LogP) is 2.93. The van der Waals surface area contributed by atoms with Gasteiger partial charge in [-0.15, -0.1) is 11.3 Å². The van der Waals surface area contributed by atoms with E-state index in [0.29, 0.717) is 5.92 Å². The Kier molecular flexibility index (Phi) is 4.61. The molecule has 0 aliphatic heterocycles. The van der Waals surface area contributed by atoms with E-state index in [1.54, 1.807) is 11.3 Å². The maximum atomic E-state index is 4.61. The lowest BCUT2D eigenvalue weighted by molar-refractivity contribution is 0.624. The van der Waals surface area contributed by atoms with Crippen molar-refractivity contribution in [2.75, 3.05) is 13.1 Å². The van der Waals surface area contributed by atoms with E-state index in [1.807, 2.05) is 10.9 Å². The minimum absolute atomic E-state index is 0.421. The van der Waals surface area contributed by atoms with Gasteiger partial charge in [0, 0.05) is 23.3 Å². The summed E-state index contributed by atoms with van der Waals surface area (Å²) >= 11 is 1.57. The first kappa shape index (κ1) is 14.1. The van der Waals surface area contributed by atoms with E-state index in [0.717, 1.165) is 36.0 Å². The van der Waals surface area contributed by atoms with Crippen LogP contribution in [-0.4, -0.2) is 28.0 Å². The Morgan fingerprint density at radius 1 is 1.26 bits per heavy atom. The highest BCUT2D eigenvalue weighted by Crippen LogP contribution is 2.24. The molecule has 0 saturated carbocycles. The van der Waals surface area contributed by atoms with Gasteiger partial charge in [-0.05, 0) is 31.9 Å². The summed E-state index contributed by atoms with van der Waals surface area (Å²) in [6, 6.07) is 0. The van der Waals surface area contributed by atoms with Crippen molar-refractivity contribution in [2.45, 2.75) is 33.6 Å². The van der Waals surface area contributed by atoms with Gasteiger partial charge in [-0.1, -0.05) is 13.8 Å². The molecule has 2 aromatic heterocycles. The summed E-state index contributed by atoms with van der Waals surface area (Å²) in [6.45, 7) is 10.4. The summed E-state index contributed by atoms with van der Waals surface area (Å²) < 4.78 is 0. The second-order valence-corrected chi connectivity index (χ2v) is 5.43. The molecule has 5 heteroatoms. The van der Waals surface area contributed by atoms with Gasteiger partial charge >= 0.3 is 0 Å². The van der Waals surface area contributed by atoms with Crippen LogP contribution in [0.2, 0.25) is 0 Å². The van der Waals surface area contributed by atoms with Crippen LogP contribution in [0.25, 0.3) is 11.5 Å². The third-order valence-electron chi connectivity index (χ3n) is 3.18. The Morgan fingerprint density at radius 2 is 1.95 bits per heavy atom. The SMILES string of the molecule is CCNCC(C)c1c(C)nc(-c2cscn2)nc1C. The molecule has 0 aliphatic rings. The number of likely N-dealkylation sites (N-methyl/N-ethyl adjacent to an activating group) is 1. The molecule has 0 aliphatic carbocycles. The third kappa shape index (κ3) is 3.16. The van der Waals surface area contributed by atoms with Crippen LogP contribution in [0.4, 0.5) is 0 Å². The van der Waals surface area contributed by atoms with Crippen LogP contribution in [0.3, 0.4) is 0 Å². The fourth-order valence-electron chi connectivity index (χ4n) is 2.34. The molecule has 4 nitrogen and oxygen atoms in total. The van der Waals surface area contributed by atoms with Crippen LogP contribution >= 0.6 is 11.3 Å². The van der Waals surface area contributed by atoms with Crippen LogP contribution < -0.4 is 5.32 Å². The van der Waals surface area contributed by atoms with E-state index in [-0.39, 0.29) is 0 Å². The molecule has 0 saturated heterocycles. The number of thiazole rings is 1. The molecule has 0 bridgehead atoms.